The van der Waals surface area contributed by atoms with Crippen molar-refractivity contribution in [2.75, 3.05) is 5.34 Å². The molecule has 0 saturated carbocycles. The summed E-state index contributed by atoms with van der Waals surface area (Å²) >= 11 is 15.0. The Hall–Kier alpha value is -1.82. The van der Waals surface area contributed by atoms with Crippen LogP contribution < -0.4 is 0 Å². The highest BCUT2D eigenvalue weighted by molar-refractivity contribution is 6.63. The highest BCUT2D eigenvalue weighted by Crippen LogP contribution is 2.36. The fourth-order valence-corrected chi connectivity index (χ4v) is 2.85. The summed E-state index contributed by atoms with van der Waals surface area (Å²) in [6, 6.07) is 11.3. The number of benzene rings is 2. The number of hydrogen-bond acceptors (Lipinski definition) is 4. The minimum Gasteiger partial charge on any atom is -0.505 e. The first kappa shape index (κ1) is 22.5. The van der Waals surface area contributed by atoms with Crippen LogP contribution in [0.2, 0.25) is 0 Å². The largest absolute Gasteiger partial charge is 0.505 e. The van der Waals surface area contributed by atoms with Crippen molar-refractivity contribution in [3.8, 4) is 11.4 Å². The quantitative estimate of drug-likeness (QED) is 0.425. The smallest absolute Gasteiger partial charge is 0.221 e. The van der Waals surface area contributed by atoms with Crippen molar-refractivity contribution < 1.29 is 9.90 Å². The number of hydrogen-bond donors (Lipinski definition) is 1. The number of fused-ring (bicyclic) bond motifs is 1. The molecule has 0 atom stereocenters. The standard InChI is InChI=1S/C19H20ClN3O2.CH2Cl2/c1-19(2,3)13-10-12(8-9-17(20)24)11-16(18(13)25)23-21-14-6-4-5-7-15(14)22-23;2-1-3/h4-7,10-11,25H,8-9H2,1-3H3;1H2. The van der Waals surface area contributed by atoms with Gasteiger partial charge in [-0.15, -0.1) is 38.2 Å². The van der Waals surface area contributed by atoms with Crippen molar-refractivity contribution in [1.29, 1.82) is 0 Å². The van der Waals surface area contributed by atoms with Gasteiger partial charge in [-0.05, 0) is 47.2 Å². The number of nitrogens with zero attached hydrogens (tertiary/aromatic N) is 3. The van der Waals surface area contributed by atoms with Gasteiger partial charge in [0.25, 0.3) is 0 Å². The van der Waals surface area contributed by atoms with Gasteiger partial charge in [0, 0.05) is 12.0 Å². The summed E-state index contributed by atoms with van der Waals surface area (Å²) in [4.78, 5) is 12.6. The molecule has 0 fully saturated rings. The predicted molar refractivity (Wildman–Crippen MR) is 115 cm³/mol. The number of phenols is 1. The summed E-state index contributed by atoms with van der Waals surface area (Å²) in [7, 11) is 0. The summed E-state index contributed by atoms with van der Waals surface area (Å²) in [6.07, 6.45) is 0.739. The monoisotopic (exact) mass is 441 g/mol. The normalized spacial score (nSPS) is 11.2. The summed E-state index contributed by atoms with van der Waals surface area (Å²) in [5.41, 5.74) is 3.42. The first-order valence-corrected chi connectivity index (χ1v) is 10.1. The van der Waals surface area contributed by atoms with Crippen LogP contribution in [-0.2, 0) is 16.6 Å². The lowest BCUT2D eigenvalue weighted by atomic mass is 9.84. The Balaban J connectivity index is 0.000000878. The number of carbonyl (C=O) groups excluding carboxylic acids is 1. The lowest BCUT2D eigenvalue weighted by Crippen LogP contribution is -2.14. The highest BCUT2D eigenvalue weighted by Gasteiger charge is 2.23. The Bertz CT molecular complexity index is 932. The second-order valence-corrected chi connectivity index (χ2v) is 8.43. The van der Waals surface area contributed by atoms with Crippen LogP contribution in [0.25, 0.3) is 16.7 Å². The van der Waals surface area contributed by atoms with Crippen molar-refractivity contribution in [2.45, 2.75) is 39.0 Å². The predicted octanol–water partition coefficient (Wildman–Crippen LogP) is 5.54. The van der Waals surface area contributed by atoms with E-state index in [4.69, 9.17) is 34.8 Å². The lowest BCUT2D eigenvalue weighted by molar-refractivity contribution is -0.111. The molecule has 0 aliphatic heterocycles. The van der Waals surface area contributed by atoms with Crippen molar-refractivity contribution in [2.24, 2.45) is 0 Å². The number of phenolic OH excluding ortho intramolecular Hbond substituents is 1. The minimum atomic E-state index is -0.380. The van der Waals surface area contributed by atoms with Gasteiger partial charge in [0.05, 0.1) is 5.34 Å². The third-order valence-corrected chi connectivity index (χ3v) is 4.26. The molecular weight excluding hydrogens is 421 g/mol. The van der Waals surface area contributed by atoms with Crippen LogP contribution in [0.4, 0.5) is 0 Å². The summed E-state index contributed by atoms with van der Waals surface area (Å²) < 4.78 is 0. The molecule has 1 heterocycles. The van der Waals surface area contributed by atoms with Crippen LogP contribution in [0.3, 0.4) is 0 Å². The van der Waals surface area contributed by atoms with E-state index in [2.05, 4.69) is 10.2 Å². The van der Waals surface area contributed by atoms with E-state index in [1.54, 1.807) is 0 Å². The molecule has 0 spiro atoms. The molecule has 3 aromatic rings. The van der Waals surface area contributed by atoms with E-state index < -0.39 is 0 Å². The maximum Gasteiger partial charge on any atom is 0.221 e. The average Bonchev–Trinajstić information content (AvgIpc) is 3.04. The molecule has 2 aromatic carbocycles. The van der Waals surface area contributed by atoms with Gasteiger partial charge >= 0.3 is 0 Å². The Morgan fingerprint density at radius 3 is 2.11 bits per heavy atom. The van der Waals surface area contributed by atoms with E-state index in [0.29, 0.717) is 12.1 Å². The third kappa shape index (κ3) is 5.60. The number of carbonyl (C=O) groups is 1. The molecule has 8 heteroatoms. The molecular formula is C20H22Cl3N3O2. The number of halogens is 3. The summed E-state index contributed by atoms with van der Waals surface area (Å²) in [5, 5.41) is 19.5. The van der Waals surface area contributed by atoms with Gasteiger partial charge in [-0.3, -0.25) is 4.79 Å². The minimum absolute atomic E-state index is 0.147. The van der Waals surface area contributed by atoms with Crippen molar-refractivity contribution in [3.63, 3.8) is 0 Å². The summed E-state index contributed by atoms with van der Waals surface area (Å²) in [5.74, 6) is 0.147. The molecule has 0 radical (unpaired) electrons. The van der Waals surface area contributed by atoms with Crippen LogP contribution in [0.15, 0.2) is 36.4 Å². The Morgan fingerprint density at radius 1 is 1.11 bits per heavy atom. The molecule has 1 N–H and O–H groups in total. The van der Waals surface area contributed by atoms with E-state index in [-0.39, 0.29) is 28.2 Å². The van der Waals surface area contributed by atoms with Crippen molar-refractivity contribution >= 4 is 51.1 Å². The molecule has 0 saturated heterocycles. The Morgan fingerprint density at radius 2 is 1.64 bits per heavy atom. The fourth-order valence-electron chi connectivity index (χ4n) is 2.76. The number of aromatic nitrogens is 3. The maximum absolute atomic E-state index is 11.1. The number of aromatic hydroxyl groups is 1. The lowest BCUT2D eigenvalue weighted by Gasteiger charge is -2.23. The zero-order chi connectivity index (χ0) is 20.9. The second kappa shape index (κ2) is 9.59. The maximum atomic E-state index is 11.1. The van der Waals surface area contributed by atoms with Gasteiger partial charge in [0.15, 0.2) is 0 Å². The topological polar surface area (TPSA) is 68.0 Å². The van der Waals surface area contributed by atoms with Crippen molar-refractivity contribution in [1.82, 2.24) is 15.0 Å². The molecule has 0 aliphatic rings. The number of aryl methyl sites for hydroxylation is 1. The van der Waals surface area contributed by atoms with Gasteiger partial charge in [0.2, 0.25) is 5.24 Å². The molecule has 0 aliphatic carbocycles. The molecule has 3 rings (SSSR count). The molecule has 5 nitrogen and oxygen atoms in total. The molecule has 1 aromatic heterocycles. The van der Waals surface area contributed by atoms with Crippen LogP contribution in [0, 0.1) is 0 Å². The second-order valence-electron chi connectivity index (χ2n) is 7.20. The Kier molecular flexibility index (Phi) is 7.70. The first-order valence-electron chi connectivity index (χ1n) is 8.66. The molecule has 0 amide bonds. The van der Waals surface area contributed by atoms with Gasteiger partial charge in [-0.1, -0.05) is 39.0 Å². The fraction of sp³-hybridized carbons (Fsp3) is 0.350. The van der Waals surface area contributed by atoms with Crippen LogP contribution in [0.1, 0.15) is 38.3 Å². The third-order valence-electron chi connectivity index (χ3n) is 4.07. The molecule has 150 valence electrons. The molecule has 28 heavy (non-hydrogen) atoms. The zero-order valence-corrected chi connectivity index (χ0v) is 18.2. The first-order chi connectivity index (χ1) is 13.2. The molecule has 0 unspecified atom stereocenters. The number of rotatable bonds is 4. The van der Waals surface area contributed by atoms with E-state index >= 15 is 0 Å². The highest BCUT2D eigenvalue weighted by atomic mass is 35.5. The SMILES string of the molecule is CC(C)(C)c1cc(CCC(=O)Cl)cc(-n2nc3ccccc3n2)c1O.ClCCl. The Labute approximate surface area is 179 Å². The van der Waals surface area contributed by atoms with Gasteiger partial charge < -0.3 is 5.11 Å². The van der Waals surface area contributed by atoms with Gasteiger partial charge in [0.1, 0.15) is 22.5 Å². The van der Waals surface area contributed by atoms with Crippen LogP contribution >= 0.6 is 34.8 Å². The summed E-state index contributed by atoms with van der Waals surface area (Å²) in [6.45, 7) is 6.07. The van der Waals surface area contributed by atoms with Gasteiger partial charge in [-0.25, -0.2) is 0 Å². The van der Waals surface area contributed by atoms with E-state index in [9.17, 15) is 9.90 Å². The average molecular weight is 443 g/mol. The van der Waals surface area contributed by atoms with Crippen LogP contribution in [0.5, 0.6) is 5.75 Å². The number of alkyl halides is 2. The van der Waals surface area contributed by atoms with Crippen molar-refractivity contribution in [3.05, 3.63) is 47.5 Å². The van der Waals surface area contributed by atoms with Gasteiger partial charge in [-0.2, -0.15) is 0 Å². The van der Waals surface area contributed by atoms with E-state index in [0.717, 1.165) is 22.2 Å². The zero-order valence-electron chi connectivity index (χ0n) is 15.9. The van der Waals surface area contributed by atoms with E-state index in [1.807, 2.05) is 57.2 Å². The molecule has 0 bridgehead atoms. The van der Waals surface area contributed by atoms with Crippen LogP contribution in [-0.4, -0.2) is 30.7 Å². The van der Waals surface area contributed by atoms with E-state index in [1.165, 1.54) is 4.80 Å².